The Balaban J connectivity index is 2.07. The number of carbonyl (C=O) groups excluding carboxylic acids is 2. The van der Waals surface area contributed by atoms with Crippen LogP contribution in [-0.4, -0.2) is 57.3 Å². The zero-order chi connectivity index (χ0) is 28.8. The van der Waals surface area contributed by atoms with Crippen LogP contribution >= 0.6 is 23.5 Å². The second-order valence-corrected chi connectivity index (χ2v) is 18.7. The Hall–Kier alpha value is -2.35. The number of amides is 2. The monoisotopic (exact) mass is 581 g/mol. The lowest BCUT2D eigenvalue weighted by Crippen LogP contribution is -2.71. The summed E-state index contributed by atoms with van der Waals surface area (Å²) in [7, 11) is -2.29. The smallest absolute Gasteiger partial charge is 0.354 e. The van der Waals surface area contributed by atoms with Gasteiger partial charge in [0.25, 0.3) is 5.69 Å². The molecule has 0 spiro atoms. The number of nitrogens with two attached hydrogens (primary N) is 1. The third-order valence-corrected chi connectivity index (χ3v) is 15.2. The molecule has 0 bridgehead atoms. The lowest BCUT2D eigenvalue weighted by molar-refractivity contribution is -0.384. The Labute approximate surface area is 232 Å². The van der Waals surface area contributed by atoms with Crippen LogP contribution in [-0.2, 0) is 25.2 Å². The molecule has 0 aliphatic carbocycles. The Bertz CT molecular complexity index is 1180. The fourth-order valence-electron chi connectivity index (χ4n) is 4.57. The Morgan fingerprint density at radius 2 is 1.89 bits per heavy atom. The van der Waals surface area contributed by atoms with Crippen LogP contribution in [0.4, 0.5) is 5.69 Å². The van der Waals surface area contributed by atoms with E-state index in [0.29, 0.717) is 16.2 Å². The van der Waals surface area contributed by atoms with Crippen LogP contribution in [0.2, 0.25) is 18.1 Å². The van der Waals surface area contributed by atoms with Gasteiger partial charge in [-0.15, -0.1) is 11.8 Å². The van der Waals surface area contributed by atoms with Crippen molar-refractivity contribution in [2.45, 2.75) is 81.8 Å². The van der Waals surface area contributed by atoms with Crippen molar-refractivity contribution in [3.63, 3.8) is 0 Å². The highest BCUT2D eigenvalue weighted by atomic mass is 32.2. The van der Waals surface area contributed by atoms with Gasteiger partial charge in [-0.25, -0.2) is 4.79 Å². The van der Waals surface area contributed by atoms with E-state index in [1.807, 2.05) is 6.92 Å². The maximum absolute atomic E-state index is 13.7. The Kier molecular flexibility index (Phi) is 8.47. The molecule has 13 heteroatoms. The maximum Gasteiger partial charge on any atom is 0.354 e. The molecule has 2 amide bonds. The molecule has 208 valence electrons. The van der Waals surface area contributed by atoms with Crippen molar-refractivity contribution in [1.29, 1.82) is 0 Å². The van der Waals surface area contributed by atoms with Crippen molar-refractivity contribution >= 4 is 55.3 Å². The minimum absolute atomic E-state index is 0.0640. The number of benzene rings is 1. The number of nitrogens with zero attached hydrogens (tertiary/aromatic N) is 2. The van der Waals surface area contributed by atoms with Gasteiger partial charge < -0.3 is 15.3 Å². The van der Waals surface area contributed by atoms with Crippen LogP contribution in [0.15, 0.2) is 34.2 Å². The van der Waals surface area contributed by atoms with Crippen molar-refractivity contribution in [2.24, 2.45) is 11.7 Å². The van der Waals surface area contributed by atoms with E-state index < -0.39 is 47.3 Å². The van der Waals surface area contributed by atoms with Crippen LogP contribution in [0.5, 0.6) is 0 Å². The third kappa shape index (κ3) is 5.38. The number of aliphatic carboxylic acids is 1. The Morgan fingerprint density at radius 1 is 1.32 bits per heavy atom. The molecule has 1 saturated heterocycles. The second kappa shape index (κ2) is 10.7. The fraction of sp³-hybridized carbons (Fsp3) is 0.560. The maximum atomic E-state index is 13.7. The first kappa shape index (κ1) is 30.2. The summed E-state index contributed by atoms with van der Waals surface area (Å²) in [6.45, 7) is 14.1. The number of rotatable bonds is 11. The topological polar surface area (TPSA) is 153 Å². The first-order chi connectivity index (χ1) is 17.5. The van der Waals surface area contributed by atoms with Gasteiger partial charge >= 0.3 is 5.97 Å². The first-order valence-corrected chi connectivity index (χ1v) is 16.9. The standard InChI is InChI=1S/C25H35N3O7S2Si/c1-8-17(20(26)29)36-23-19(22(31)32)27-21(30)18(14(2)35-38(6,7)24(3,4)5)25(27,37-23)13-15-9-11-16(12-10-15)28(33)34/h9-12,14,17-18H,8,13H2,1-7H3,(H2,26,29)(H,31,32)/t14-,17?,18+,25-/m1/s1. The zero-order valence-electron chi connectivity index (χ0n) is 22.6. The van der Waals surface area contributed by atoms with Gasteiger partial charge in [-0.2, -0.15) is 0 Å². The minimum atomic E-state index is -2.29. The molecule has 38 heavy (non-hydrogen) atoms. The predicted molar refractivity (Wildman–Crippen MR) is 151 cm³/mol. The molecular formula is C25H35N3O7S2Si. The Morgan fingerprint density at radius 3 is 2.34 bits per heavy atom. The lowest BCUT2D eigenvalue weighted by atomic mass is 9.78. The van der Waals surface area contributed by atoms with E-state index in [1.165, 1.54) is 28.8 Å². The summed E-state index contributed by atoms with van der Waals surface area (Å²) in [4.78, 5) is 49.1. The highest BCUT2D eigenvalue weighted by Crippen LogP contribution is 2.63. The summed E-state index contributed by atoms with van der Waals surface area (Å²) in [6, 6.07) is 6.02. The van der Waals surface area contributed by atoms with Crippen LogP contribution in [0.3, 0.4) is 0 Å². The molecular weight excluding hydrogens is 547 g/mol. The number of carboxylic acid groups (broad SMARTS) is 1. The molecule has 1 fully saturated rings. The number of non-ortho nitro benzene ring substituents is 1. The average molecular weight is 582 g/mol. The van der Waals surface area contributed by atoms with Crippen LogP contribution in [0, 0.1) is 16.0 Å². The number of carboxylic acids is 1. The number of β-lactam (4-membered cyclic amide) rings is 1. The third-order valence-electron chi connectivity index (χ3n) is 7.54. The van der Waals surface area contributed by atoms with Crippen molar-refractivity contribution < 1.29 is 28.8 Å². The molecule has 0 aromatic heterocycles. The summed E-state index contributed by atoms with van der Waals surface area (Å²) in [6.07, 6.45) is 0.128. The lowest BCUT2D eigenvalue weighted by Gasteiger charge is -2.56. The van der Waals surface area contributed by atoms with Gasteiger partial charge in [-0.05, 0) is 37.0 Å². The number of hydrogen-bond donors (Lipinski definition) is 2. The fourth-order valence-corrected chi connectivity index (χ4v) is 9.32. The molecule has 1 aromatic rings. The van der Waals surface area contributed by atoms with Crippen molar-refractivity contribution in [1.82, 2.24) is 4.90 Å². The SMILES string of the molecule is CCC(SC1=C(C(=O)O)N2C(=O)[C@H]([C@@H](C)O[Si](C)(C)C(C)(C)C)[C@@]2(Cc2ccc([N+](=O)[O-])cc2)S1)C(N)=O. The van der Waals surface area contributed by atoms with Crippen molar-refractivity contribution in [3.05, 3.63) is 49.9 Å². The van der Waals surface area contributed by atoms with Crippen LogP contribution < -0.4 is 5.73 Å². The quantitative estimate of drug-likeness (QED) is 0.164. The molecule has 0 saturated carbocycles. The summed E-state index contributed by atoms with van der Waals surface area (Å²) in [5, 5.41) is 20.5. The number of nitro benzene ring substituents is 1. The van der Waals surface area contributed by atoms with Crippen LogP contribution in [0.1, 0.15) is 46.6 Å². The number of fused-ring (bicyclic) bond motifs is 1. The van der Waals surface area contributed by atoms with E-state index in [1.54, 1.807) is 19.1 Å². The predicted octanol–water partition coefficient (Wildman–Crippen LogP) is 4.70. The van der Waals surface area contributed by atoms with Gasteiger partial charge in [-0.1, -0.05) is 51.6 Å². The van der Waals surface area contributed by atoms with Gasteiger partial charge in [0.2, 0.25) is 11.8 Å². The molecule has 1 aromatic carbocycles. The molecule has 0 radical (unpaired) electrons. The highest BCUT2D eigenvalue weighted by molar-refractivity contribution is 8.23. The molecule has 2 aliphatic heterocycles. The molecule has 3 rings (SSSR count). The number of carbonyl (C=O) groups is 3. The number of thioether (sulfide) groups is 2. The van der Waals surface area contributed by atoms with Crippen LogP contribution in [0.25, 0.3) is 0 Å². The molecule has 10 nitrogen and oxygen atoms in total. The van der Waals surface area contributed by atoms with E-state index >= 15 is 0 Å². The molecule has 4 atom stereocenters. The average Bonchev–Trinajstić information content (AvgIpc) is 3.06. The number of hydrogen-bond acceptors (Lipinski definition) is 8. The van der Waals surface area contributed by atoms with E-state index in [0.717, 1.165) is 11.8 Å². The van der Waals surface area contributed by atoms with Crippen molar-refractivity contribution in [2.75, 3.05) is 0 Å². The van der Waals surface area contributed by atoms with Crippen molar-refractivity contribution in [3.8, 4) is 0 Å². The second-order valence-electron chi connectivity index (χ2n) is 11.1. The molecule has 3 N–H and O–H groups in total. The minimum Gasteiger partial charge on any atom is -0.477 e. The molecule has 2 heterocycles. The number of primary amides is 1. The summed E-state index contributed by atoms with van der Waals surface area (Å²) in [5.74, 6) is -2.86. The number of nitro groups is 1. The van der Waals surface area contributed by atoms with Gasteiger partial charge in [0, 0.05) is 18.6 Å². The largest absolute Gasteiger partial charge is 0.477 e. The normalized spacial score (nSPS) is 23.1. The highest BCUT2D eigenvalue weighted by Gasteiger charge is 2.69. The van der Waals surface area contributed by atoms with Gasteiger partial charge in [-0.3, -0.25) is 24.6 Å². The van der Waals surface area contributed by atoms with Gasteiger partial charge in [0.15, 0.2) is 14.0 Å². The van der Waals surface area contributed by atoms with E-state index in [-0.39, 0.29) is 28.8 Å². The molecule has 2 aliphatic rings. The van der Waals surface area contributed by atoms with E-state index in [2.05, 4.69) is 33.9 Å². The van der Waals surface area contributed by atoms with Gasteiger partial charge in [0.05, 0.1) is 26.4 Å². The summed E-state index contributed by atoms with van der Waals surface area (Å²) >= 11 is 2.31. The van der Waals surface area contributed by atoms with E-state index in [9.17, 15) is 29.6 Å². The first-order valence-electron chi connectivity index (χ1n) is 12.3. The zero-order valence-corrected chi connectivity index (χ0v) is 25.3. The summed E-state index contributed by atoms with van der Waals surface area (Å²) in [5.41, 5.74) is 6.03. The molecule has 1 unspecified atom stereocenters. The van der Waals surface area contributed by atoms with Gasteiger partial charge in [0.1, 0.15) is 4.87 Å². The van der Waals surface area contributed by atoms with E-state index in [4.69, 9.17) is 10.2 Å². The summed E-state index contributed by atoms with van der Waals surface area (Å²) < 4.78 is 6.96.